The third kappa shape index (κ3) is 4.75. The second-order valence-electron chi connectivity index (χ2n) is 6.28. The molecular weight excluding hydrogens is 308 g/mol. The minimum Gasteiger partial charge on any atom is -0.278 e. The molecule has 2 amide bonds. The fourth-order valence-corrected chi connectivity index (χ4v) is 2.78. The van der Waals surface area contributed by atoms with Gasteiger partial charge < -0.3 is 0 Å². The normalized spacial score (nSPS) is 12.8. The monoisotopic (exact) mass is 332 g/mol. The number of carbonyl (C=O) groups is 2. The van der Waals surface area contributed by atoms with Crippen LogP contribution in [0.3, 0.4) is 0 Å². The summed E-state index contributed by atoms with van der Waals surface area (Å²) in [5.74, 6) is -0.266. The molecule has 0 saturated carbocycles. The van der Waals surface area contributed by atoms with Crippen molar-refractivity contribution in [2.75, 3.05) is 0 Å². The number of hydrogen-bond donors (Lipinski definition) is 0. The molecule has 1 atom stereocenters. The van der Waals surface area contributed by atoms with E-state index in [0.29, 0.717) is 12.8 Å². The molecule has 6 heteroatoms. The van der Waals surface area contributed by atoms with Gasteiger partial charge in [-0.25, -0.2) is 0 Å². The first-order valence-corrected chi connectivity index (χ1v) is 7.92. The number of amides is 2. The van der Waals surface area contributed by atoms with Crippen molar-refractivity contribution in [2.24, 2.45) is 0 Å². The zero-order valence-corrected chi connectivity index (χ0v) is 14.6. The van der Waals surface area contributed by atoms with E-state index in [1.165, 1.54) is 23.1 Å². The Kier molecular flexibility index (Phi) is 6.82. The Bertz CT molecular complexity index is 620. The van der Waals surface area contributed by atoms with Gasteiger partial charge in [-0.3, -0.25) is 24.6 Å². The van der Waals surface area contributed by atoms with E-state index >= 15 is 0 Å². The molecule has 0 spiro atoms. The van der Waals surface area contributed by atoms with Crippen LogP contribution in [0.1, 0.15) is 52.0 Å². The summed E-state index contributed by atoms with van der Waals surface area (Å²) in [7, 11) is 0. The first-order valence-electron chi connectivity index (χ1n) is 7.92. The van der Waals surface area contributed by atoms with Crippen LogP contribution in [-0.4, -0.2) is 27.7 Å². The molecule has 0 saturated heterocycles. The van der Waals surface area contributed by atoms with Crippen LogP contribution >= 0.6 is 0 Å². The number of rotatable bonds is 8. The van der Waals surface area contributed by atoms with Crippen LogP contribution in [0.5, 0.6) is 0 Å². The van der Waals surface area contributed by atoms with Gasteiger partial charge in [0, 0.05) is 17.7 Å². The van der Waals surface area contributed by atoms with Crippen LogP contribution in [0.2, 0.25) is 0 Å². The summed E-state index contributed by atoms with van der Waals surface area (Å²) in [6.07, 6.45) is 4.89. The lowest BCUT2D eigenvalue weighted by molar-refractivity contribution is -0.384. The molecular formula is C18H24N2O4. The van der Waals surface area contributed by atoms with Crippen LogP contribution < -0.4 is 0 Å². The molecule has 0 N–H and O–H groups in total. The summed E-state index contributed by atoms with van der Waals surface area (Å²) in [6.45, 7) is 7.43. The number of nitro groups is 1. The second-order valence-corrected chi connectivity index (χ2v) is 6.28. The van der Waals surface area contributed by atoms with Crippen molar-refractivity contribution in [3.63, 3.8) is 0 Å². The maximum Gasteiger partial charge on any atom is 0.269 e. The zero-order valence-electron chi connectivity index (χ0n) is 14.6. The first-order chi connectivity index (χ1) is 11.3. The lowest BCUT2D eigenvalue weighted by atomic mass is 9.83. The molecule has 130 valence electrons. The Morgan fingerprint density at radius 1 is 1.33 bits per heavy atom. The summed E-state index contributed by atoms with van der Waals surface area (Å²) >= 11 is 0. The third-order valence-electron chi connectivity index (χ3n) is 4.12. The van der Waals surface area contributed by atoms with Crippen molar-refractivity contribution in [1.29, 1.82) is 0 Å². The van der Waals surface area contributed by atoms with Crippen LogP contribution in [0.4, 0.5) is 5.69 Å². The maximum atomic E-state index is 12.1. The van der Waals surface area contributed by atoms with Gasteiger partial charge in [0.25, 0.3) is 11.6 Å². The van der Waals surface area contributed by atoms with E-state index < -0.39 is 10.5 Å². The predicted molar refractivity (Wildman–Crippen MR) is 92.5 cm³/mol. The van der Waals surface area contributed by atoms with Crippen molar-refractivity contribution in [3.05, 3.63) is 52.1 Å². The minimum atomic E-state index is -0.666. The molecule has 0 radical (unpaired) electrons. The highest BCUT2D eigenvalue weighted by Gasteiger charge is 2.32. The molecule has 6 nitrogen and oxygen atoms in total. The fourth-order valence-electron chi connectivity index (χ4n) is 2.78. The molecule has 1 unspecified atom stereocenters. The second kappa shape index (κ2) is 8.38. The van der Waals surface area contributed by atoms with Crippen molar-refractivity contribution < 1.29 is 14.5 Å². The summed E-state index contributed by atoms with van der Waals surface area (Å²) < 4.78 is 0. The highest BCUT2D eigenvalue weighted by atomic mass is 16.6. The van der Waals surface area contributed by atoms with Crippen molar-refractivity contribution in [1.82, 2.24) is 4.90 Å². The number of non-ortho nitro benzene ring substituents is 1. The van der Waals surface area contributed by atoms with E-state index in [0.717, 1.165) is 12.0 Å². The van der Waals surface area contributed by atoms with Gasteiger partial charge in [0.05, 0.1) is 4.92 Å². The molecule has 1 aromatic carbocycles. The zero-order chi connectivity index (χ0) is 18.3. The highest BCUT2D eigenvalue weighted by molar-refractivity contribution is 5.95. The SMILES string of the molecule is C/C=C\C(=O)N(C=O)C(C)(C)CC(CC)c1ccc([N+](=O)[O-])cc1. The molecule has 1 aromatic rings. The Balaban J connectivity index is 3.01. The highest BCUT2D eigenvalue weighted by Crippen LogP contribution is 2.32. The van der Waals surface area contributed by atoms with Gasteiger partial charge in [-0.15, -0.1) is 0 Å². The molecule has 0 aromatic heterocycles. The quantitative estimate of drug-likeness (QED) is 0.314. The van der Waals surface area contributed by atoms with Gasteiger partial charge >= 0.3 is 0 Å². The molecule has 0 aliphatic carbocycles. The topological polar surface area (TPSA) is 80.5 Å². The molecule has 1 rings (SSSR count). The average Bonchev–Trinajstić information content (AvgIpc) is 2.53. The number of carbonyl (C=O) groups excluding carboxylic acids is 2. The number of benzene rings is 1. The van der Waals surface area contributed by atoms with Gasteiger partial charge in [0.1, 0.15) is 0 Å². The summed E-state index contributed by atoms with van der Waals surface area (Å²) in [5.41, 5.74) is 0.340. The summed E-state index contributed by atoms with van der Waals surface area (Å²) in [6, 6.07) is 6.43. The number of nitro benzene ring substituents is 1. The van der Waals surface area contributed by atoms with Crippen LogP contribution in [0.15, 0.2) is 36.4 Å². The molecule has 0 heterocycles. The van der Waals surface area contributed by atoms with E-state index in [-0.39, 0.29) is 17.5 Å². The van der Waals surface area contributed by atoms with Crippen LogP contribution in [-0.2, 0) is 9.59 Å². The summed E-state index contributed by atoms with van der Waals surface area (Å²) in [5, 5.41) is 10.8. The standard InChI is InChI=1S/C18H24N2O4/c1-5-7-17(22)19(13-21)18(3,4)12-14(6-2)15-8-10-16(11-9-15)20(23)24/h5,7-11,13-14H,6,12H2,1-4H3/b7-5-. The smallest absolute Gasteiger partial charge is 0.269 e. The lowest BCUT2D eigenvalue weighted by Gasteiger charge is -2.36. The molecule has 0 bridgehead atoms. The van der Waals surface area contributed by atoms with Crippen LogP contribution in [0.25, 0.3) is 0 Å². The number of hydrogen-bond acceptors (Lipinski definition) is 4. The first kappa shape index (κ1) is 19.5. The average molecular weight is 332 g/mol. The van der Waals surface area contributed by atoms with Gasteiger partial charge in [0.15, 0.2) is 0 Å². The Labute approximate surface area is 142 Å². The van der Waals surface area contributed by atoms with Gasteiger partial charge in [-0.1, -0.05) is 25.1 Å². The molecule has 0 aliphatic heterocycles. The minimum absolute atomic E-state index is 0.0469. The van der Waals surface area contributed by atoms with Crippen molar-refractivity contribution in [2.45, 2.75) is 52.0 Å². The number of allylic oxidation sites excluding steroid dienone is 1. The van der Waals surface area contributed by atoms with E-state index in [2.05, 4.69) is 0 Å². The summed E-state index contributed by atoms with van der Waals surface area (Å²) in [4.78, 5) is 35.0. The lowest BCUT2D eigenvalue weighted by Crippen LogP contribution is -2.47. The van der Waals surface area contributed by atoms with E-state index in [1.54, 1.807) is 25.1 Å². The van der Waals surface area contributed by atoms with Gasteiger partial charge in [-0.05, 0) is 51.2 Å². The molecule has 24 heavy (non-hydrogen) atoms. The van der Waals surface area contributed by atoms with Crippen LogP contribution in [0, 0.1) is 10.1 Å². The molecule has 0 aliphatic rings. The number of nitrogens with zero attached hydrogens (tertiary/aromatic N) is 2. The van der Waals surface area contributed by atoms with Crippen molar-refractivity contribution in [3.8, 4) is 0 Å². The third-order valence-corrected chi connectivity index (χ3v) is 4.12. The predicted octanol–water partition coefficient (Wildman–Crippen LogP) is 3.82. The Morgan fingerprint density at radius 2 is 1.92 bits per heavy atom. The van der Waals surface area contributed by atoms with Crippen molar-refractivity contribution >= 4 is 18.0 Å². The van der Waals surface area contributed by atoms with Gasteiger partial charge in [0.2, 0.25) is 6.41 Å². The maximum absolute atomic E-state index is 12.1. The van der Waals surface area contributed by atoms with E-state index in [1.807, 2.05) is 20.8 Å². The Hall–Kier alpha value is -2.50. The van der Waals surface area contributed by atoms with E-state index in [9.17, 15) is 19.7 Å². The fraction of sp³-hybridized carbons (Fsp3) is 0.444. The Morgan fingerprint density at radius 3 is 2.33 bits per heavy atom. The molecule has 0 fully saturated rings. The largest absolute Gasteiger partial charge is 0.278 e. The van der Waals surface area contributed by atoms with Gasteiger partial charge in [-0.2, -0.15) is 0 Å². The number of imide groups is 1. The van der Waals surface area contributed by atoms with E-state index in [4.69, 9.17) is 0 Å².